The van der Waals surface area contributed by atoms with Crippen molar-refractivity contribution in [3.8, 4) is 11.5 Å². The monoisotopic (exact) mass is 510 g/mol. The van der Waals surface area contributed by atoms with E-state index < -0.39 is 40.0 Å². The highest BCUT2D eigenvalue weighted by Crippen LogP contribution is 2.40. The van der Waals surface area contributed by atoms with Crippen LogP contribution in [0.4, 0.5) is 0 Å². The highest BCUT2D eigenvalue weighted by Gasteiger charge is 2.56. The first-order valence-corrected chi connectivity index (χ1v) is 16.2. The third-order valence-electron chi connectivity index (χ3n) is 6.12. The summed E-state index contributed by atoms with van der Waals surface area (Å²) >= 11 is 0. The largest absolute Gasteiger partial charge is 0.496 e. The van der Waals surface area contributed by atoms with Crippen LogP contribution in [0.1, 0.15) is 20.7 Å². The average molecular weight is 511 g/mol. The quantitative estimate of drug-likeness (QED) is 0.309. The second kappa shape index (κ2) is 9.62. The summed E-state index contributed by atoms with van der Waals surface area (Å²) in [6.45, 7) is 7.30. The molecule has 0 saturated carbocycles. The Morgan fingerprint density at radius 1 is 0.500 bits per heavy atom. The van der Waals surface area contributed by atoms with Crippen LogP contribution in [-0.2, 0) is 28.5 Å². The number of carbonyl (C=O) groups is 4. The summed E-state index contributed by atoms with van der Waals surface area (Å²) in [7, 11) is 1.21. The molecule has 0 fully saturated rings. The van der Waals surface area contributed by atoms with Crippen molar-refractivity contribution < 1.29 is 47.6 Å². The van der Waals surface area contributed by atoms with Gasteiger partial charge in [0.05, 0.1) is 42.7 Å². The van der Waals surface area contributed by atoms with E-state index in [1.54, 1.807) is 0 Å². The zero-order valence-electron chi connectivity index (χ0n) is 21.1. The molecule has 0 spiro atoms. The van der Waals surface area contributed by atoms with Crippen LogP contribution in [0.5, 0.6) is 11.5 Å². The van der Waals surface area contributed by atoms with Gasteiger partial charge >= 0.3 is 23.9 Å². The zero-order chi connectivity index (χ0) is 26.2. The molecule has 1 aromatic carbocycles. The number of fused-ring (bicyclic) bond motifs is 1. The van der Waals surface area contributed by atoms with Crippen molar-refractivity contribution in [3.05, 3.63) is 21.5 Å². The number of carbonyl (C=O) groups excluding carboxylic acids is 4. The van der Waals surface area contributed by atoms with E-state index >= 15 is 0 Å². The van der Waals surface area contributed by atoms with Gasteiger partial charge < -0.3 is 28.4 Å². The molecule has 12 heteroatoms. The van der Waals surface area contributed by atoms with Crippen molar-refractivity contribution in [1.29, 1.82) is 0 Å². The highest BCUT2D eigenvalue weighted by molar-refractivity contribution is 7.13. The molecule has 0 atom stereocenters. The van der Waals surface area contributed by atoms with Gasteiger partial charge in [0.15, 0.2) is 0 Å². The molecule has 0 unspecified atom stereocenters. The SMILES string of the molecule is COC(=O)C1=C(C(=O)OC)[Si](C)(C)c2c(OC)c(C(=O)OC)c(C(=O)OC)c(OC)c2[Si]1(C)C. The first-order chi connectivity index (χ1) is 15.8. The summed E-state index contributed by atoms with van der Waals surface area (Å²) in [6.07, 6.45) is 0. The summed E-state index contributed by atoms with van der Waals surface area (Å²) in [6, 6.07) is 0. The van der Waals surface area contributed by atoms with Crippen molar-refractivity contribution in [2.45, 2.75) is 26.2 Å². The van der Waals surface area contributed by atoms with Crippen molar-refractivity contribution in [3.63, 3.8) is 0 Å². The Kier molecular flexibility index (Phi) is 7.68. The third-order valence-corrected chi connectivity index (χ3v) is 13.5. The van der Waals surface area contributed by atoms with Crippen molar-refractivity contribution in [2.75, 3.05) is 42.7 Å². The predicted molar refractivity (Wildman–Crippen MR) is 128 cm³/mol. The number of hydrogen-bond acceptors (Lipinski definition) is 10. The lowest BCUT2D eigenvalue weighted by molar-refractivity contribution is -0.138. The molecule has 0 N–H and O–H groups in total. The first kappa shape index (κ1) is 27.1. The summed E-state index contributed by atoms with van der Waals surface area (Å²) in [5.74, 6) is -2.87. The van der Waals surface area contributed by atoms with Gasteiger partial charge in [0.25, 0.3) is 0 Å². The average Bonchev–Trinajstić information content (AvgIpc) is 2.82. The molecule has 0 radical (unpaired) electrons. The highest BCUT2D eigenvalue weighted by atomic mass is 28.3. The van der Waals surface area contributed by atoms with Crippen LogP contribution in [0, 0.1) is 0 Å². The fourth-order valence-corrected chi connectivity index (χ4v) is 14.7. The van der Waals surface area contributed by atoms with Crippen LogP contribution in [0.2, 0.25) is 26.2 Å². The van der Waals surface area contributed by atoms with Gasteiger partial charge in [-0.15, -0.1) is 0 Å². The third kappa shape index (κ3) is 3.80. The van der Waals surface area contributed by atoms with E-state index in [0.29, 0.717) is 10.4 Å². The molecule has 2 rings (SSSR count). The summed E-state index contributed by atoms with van der Waals surface area (Å²) in [5, 5.41) is 1.52. The van der Waals surface area contributed by atoms with Crippen LogP contribution in [0.3, 0.4) is 0 Å². The number of benzene rings is 1. The van der Waals surface area contributed by atoms with E-state index in [1.165, 1.54) is 42.7 Å². The number of ether oxygens (including phenoxy) is 6. The lowest BCUT2D eigenvalue weighted by Gasteiger charge is -2.43. The topological polar surface area (TPSA) is 124 Å². The van der Waals surface area contributed by atoms with E-state index in [2.05, 4.69) is 0 Å². The van der Waals surface area contributed by atoms with Gasteiger partial charge in [-0.1, -0.05) is 26.2 Å². The Morgan fingerprint density at radius 2 is 0.765 bits per heavy atom. The van der Waals surface area contributed by atoms with Gasteiger partial charge in [-0.05, 0) is 10.4 Å². The molecule has 0 saturated heterocycles. The van der Waals surface area contributed by atoms with Gasteiger partial charge in [-0.25, -0.2) is 19.2 Å². The Balaban J connectivity index is 3.36. The second-order valence-corrected chi connectivity index (χ2v) is 17.0. The standard InChI is InChI=1S/C22H30O10Si2/c1-27-13-11(19(23)29-3)12(20(24)30-4)14(28-2)16-15(13)33(7,8)17(21(25)31-5)18(22(26)32-6)34(16,9)10/h1-10H3. The van der Waals surface area contributed by atoms with Crippen LogP contribution >= 0.6 is 0 Å². The predicted octanol–water partition coefficient (Wildman–Crippen LogP) is 0.842. The van der Waals surface area contributed by atoms with Gasteiger partial charge in [0.1, 0.15) is 38.8 Å². The Hall–Kier alpha value is -3.13. The fraction of sp³-hybridized carbons (Fsp3) is 0.455. The number of rotatable bonds is 6. The van der Waals surface area contributed by atoms with Crippen molar-refractivity contribution >= 4 is 50.4 Å². The van der Waals surface area contributed by atoms with Crippen molar-refractivity contribution in [1.82, 2.24) is 0 Å². The van der Waals surface area contributed by atoms with E-state index in [4.69, 9.17) is 28.4 Å². The lowest BCUT2D eigenvalue weighted by Crippen LogP contribution is -2.68. The maximum absolute atomic E-state index is 13.1. The van der Waals surface area contributed by atoms with Crippen LogP contribution in [0.25, 0.3) is 0 Å². The van der Waals surface area contributed by atoms with Gasteiger partial charge in [-0.3, -0.25) is 0 Å². The molecule has 0 aliphatic carbocycles. The number of hydrogen-bond donors (Lipinski definition) is 0. The lowest BCUT2D eigenvalue weighted by atomic mass is 10.0. The molecule has 10 nitrogen and oxygen atoms in total. The maximum Gasteiger partial charge on any atom is 0.342 e. The van der Waals surface area contributed by atoms with E-state index in [9.17, 15) is 19.2 Å². The summed E-state index contributed by atoms with van der Waals surface area (Å²) < 4.78 is 31.5. The van der Waals surface area contributed by atoms with Gasteiger partial charge in [0, 0.05) is 10.4 Å². The van der Waals surface area contributed by atoms with Gasteiger partial charge in [0.2, 0.25) is 0 Å². The van der Waals surface area contributed by atoms with Gasteiger partial charge in [-0.2, -0.15) is 0 Å². The van der Waals surface area contributed by atoms with E-state index in [1.807, 2.05) is 26.2 Å². The number of esters is 4. The second-order valence-electron chi connectivity index (χ2n) is 8.53. The van der Waals surface area contributed by atoms with E-state index in [0.717, 1.165) is 0 Å². The smallest absolute Gasteiger partial charge is 0.342 e. The van der Waals surface area contributed by atoms with Crippen LogP contribution < -0.4 is 19.8 Å². The Labute approximate surface area is 200 Å². The fourth-order valence-electron chi connectivity index (χ4n) is 4.69. The van der Waals surface area contributed by atoms with Crippen LogP contribution in [-0.4, -0.2) is 82.7 Å². The summed E-state index contributed by atoms with van der Waals surface area (Å²) in [4.78, 5) is 52.1. The molecular formula is C22H30O10Si2. The first-order valence-electron chi connectivity index (χ1n) is 10.2. The Morgan fingerprint density at radius 3 is 0.971 bits per heavy atom. The minimum Gasteiger partial charge on any atom is -0.496 e. The molecule has 0 amide bonds. The molecule has 0 aromatic heterocycles. The molecule has 1 aliphatic rings. The molecular weight excluding hydrogens is 480 g/mol. The minimum atomic E-state index is -3.15. The Bertz CT molecular complexity index is 1020. The van der Waals surface area contributed by atoms with E-state index in [-0.39, 0.29) is 33.0 Å². The molecule has 1 aliphatic heterocycles. The molecule has 34 heavy (non-hydrogen) atoms. The normalized spacial score (nSPS) is 15.6. The number of methoxy groups -OCH3 is 6. The minimum absolute atomic E-state index is 0.0746. The zero-order valence-corrected chi connectivity index (χ0v) is 23.1. The maximum atomic E-state index is 13.1. The summed E-state index contributed by atoms with van der Waals surface area (Å²) in [5.41, 5.74) is -0.355. The molecule has 1 heterocycles. The molecule has 0 bridgehead atoms. The van der Waals surface area contributed by atoms with Crippen molar-refractivity contribution in [2.24, 2.45) is 0 Å². The molecule has 1 aromatic rings. The van der Waals surface area contributed by atoms with Crippen LogP contribution in [0.15, 0.2) is 10.4 Å². The molecule has 186 valence electrons.